The van der Waals surface area contributed by atoms with Crippen LogP contribution in [0.1, 0.15) is 29.3 Å². The predicted molar refractivity (Wildman–Crippen MR) is 127 cm³/mol. The van der Waals surface area contributed by atoms with Crippen molar-refractivity contribution in [2.75, 3.05) is 12.3 Å². The van der Waals surface area contributed by atoms with Crippen LogP contribution in [0, 0.1) is 6.92 Å². The summed E-state index contributed by atoms with van der Waals surface area (Å²) in [5.41, 5.74) is 13.6. The summed E-state index contributed by atoms with van der Waals surface area (Å²) in [5.74, 6) is 0.859. The van der Waals surface area contributed by atoms with Gasteiger partial charge in [0.1, 0.15) is 5.75 Å². The molecule has 0 atom stereocenters. The van der Waals surface area contributed by atoms with Crippen molar-refractivity contribution in [2.24, 2.45) is 0 Å². The Balaban J connectivity index is 1.48. The summed E-state index contributed by atoms with van der Waals surface area (Å²) >= 11 is 0. The molecule has 0 aliphatic carbocycles. The third kappa shape index (κ3) is 3.97. The number of ether oxygens (including phenoxy) is 1. The summed E-state index contributed by atoms with van der Waals surface area (Å²) in [6.45, 7) is 9.33. The Labute approximate surface area is 178 Å². The Morgan fingerprint density at radius 3 is 2.50 bits per heavy atom. The highest BCUT2D eigenvalue weighted by molar-refractivity contribution is 5.89. The van der Waals surface area contributed by atoms with Gasteiger partial charge in [0.15, 0.2) is 0 Å². The second-order valence-electron chi connectivity index (χ2n) is 7.64. The molecule has 152 valence electrons. The average Bonchev–Trinajstić information content (AvgIpc) is 3.09. The van der Waals surface area contributed by atoms with Crippen LogP contribution in [0.4, 0.5) is 5.69 Å². The van der Waals surface area contributed by atoms with Crippen molar-refractivity contribution in [3.63, 3.8) is 0 Å². The summed E-state index contributed by atoms with van der Waals surface area (Å²) < 4.78 is 8.16. The molecular weight excluding hydrogens is 368 g/mol. The summed E-state index contributed by atoms with van der Waals surface area (Å²) in [7, 11) is 0. The molecule has 0 aliphatic rings. The summed E-state index contributed by atoms with van der Waals surface area (Å²) in [6.07, 6.45) is 1.85. The minimum atomic E-state index is 0.616. The first-order valence-electron chi connectivity index (χ1n) is 10.4. The van der Waals surface area contributed by atoms with Crippen molar-refractivity contribution in [3.8, 4) is 5.75 Å². The van der Waals surface area contributed by atoms with E-state index in [1.54, 1.807) is 0 Å². The van der Waals surface area contributed by atoms with E-state index in [4.69, 9.17) is 10.5 Å². The van der Waals surface area contributed by atoms with Crippen LogP contribution in [-0.4, -0.2) is 11.2 Å². The SMILES string of the molecule is C=C(c1ccc(OCCc2cccc(N)c2)cc1)n1c(C)cc2c(CC)cccc21. The van der Waals surface area contributed by atoms with Gasteiger partial charge in [0.05, 0.1) is 12.1 Å². The van der Waals surface area contributed by atoms with Gasteiger partial charge in [0.25, 0.3) is 0 Å². The molecule has 0 amide bonds. The number of benzene rings is 3. The predicted octanol–water partition coefficient (Wildman–Crippen LogP) is 6.23. The molecule has 0 radical (unpaired) electrons. The smallest absolute Gasteiger partial charge is 0.119 e. The minimum absolute atomic E-state index is 0.616. The summed E-state index contributed by atoms with van der Waals surface area (Å²) in [5, 5.41) is 1.31. The zero-order valence-electron chi connectivity index (χ0n) is 17.7. The van der Waals surface area contributed by atoms with E-state index in [0.717, 1.165) is 35.5 Å². The van der Waals surface area contributed by atoms with Gasteiger partial charge in [-0.15, -0.1) is 0 Å². The molecule has 2 N–H and O–H groups in total. The normalized spacial score (nSPS) is 11.0. The third-order valence-corrected chi connectivity index (χ3v) is 5.57. The molecular formula is C27H28N2O. The molecule has 1 aromatic heterocycles. The number of aromatic nitrogens is 1. The fourth-order valence-electron chi connectivity index (χ4n) is 4.00. The highest BCUT2D eigenvalue weighted by atomic mass is 16.5. The Kier molecular flexibility index (Phi) is 5.62. The molecule has 0 saturated carbocycles. The van der Waals surface area contributed by atoms with Crippen LogP contribution in [0.2, 0.25) is 0 Å². The third-order valence-electron chi connectivity index (χ3n) is 5.57. The molecule has 0 fully saturated rings. The van der Waals surface area contributed by atoms with Crippen molar-refractivity contribution in [2.45, 2.75) is 26.7 Å². The first-order chi connectivity index (χ1) is 14.6. The molecule has 30 heavy (non-hydrogen) atoms. The lowest BCUT2D eigenvalue weighted by molar-refractivity contribution is 0.322. The van der Waals surface area contributed by atoms with Gasteiger partial charge in [-0.25, -0.2) is 0 Å². The molecule has 0 unspecified atom stereocenters. The van der Waals surface area contributed by atoms with Gasteiger partial charge < -0.3 is 15.0 Å². The second-order valence-corrected chi connectivity index (χ2v) is 7.64. The number of aryl methyl sites for hydroxylation is 2. The highest BCUT2D eigenvalue weighted by Gasteiger charge is 2.12. The van der Waals surface area contributed by atoms with Crippen molar-refractivity contribution >= 4 is 22.3 Å². The summed E-state index contributed by atoms with van der Waals surface area (Å²) in [4.78, 5) is 0. The van der Waals surface area contributed by atoms with E-state index in [2.05, 4.69) is 67.5 Å². The first kappa shape index (κ1) is 19.8. The van der Waals surface area contributed by atoms with E-state index < -0.39 is 0 Å². The average molecular weight is 397 g/mol. The van der Waals surface area contributed by atoms with Gasteiger partial charge in [0.2, 0.25) is 0 Å². The lowest BCUT2D eigenvalue weighted by Crippen LogP contribution is -2.02. The number of hydrogen-bond acceptors (Lipinski definition) is 2. The molecule has 0 spiro atoms. The molecule has 4 rings (SSSR count). The number of nitrogen functional groups attached to an aromatic ring is 1. The fourth-order valence-corrected chi connectivity index (χ4v) is 4.00. The van der Waals surface area contributed by atoms with E-state index in [1.807, 2.05) is 30.3 Å². The highest BCUT2D eigenvalue weighted by Crippen LogP contribution is 2.29. The molecule has 3 heteroatoms. The molecule has 3 aromatic carbocycles. The Morgan fingerprint density at radius 1 is 1.00 bits per heavy atom. The van der Waals surface area contributed by atoms with Crippen molar-refractivity contribution in [1.82, 2.24) is 4.57 Å². The van der Waals surface area contributed by atoms with Crippen LogP contribution in [-0.2, 0) is 12.8 Å². The van der Waals surface area contributed by atoms with E-state index >= 15 is 0 Å². The second kappa shape index (κ2) is 8.50. The van der Waals surface area contributed by atoms with Crippen molar-refractivity contribution < 1.29 is 4.74 Å². The lowest BCUT2D eigenvalue weighted by Gasteiger charge is -2.13. The quantitative estimate of drug-likeness (QED) is 0.376. The number of nitrogens with two attached hydrogens (primary N) is 1. The van der Waals surface area contributed by atoms with Crippen molar-refractivity contribution in [3.05, 3.63) is 102 Å². The van der Waals surface area contributed by atoms with Crippen LogP contribution in [0.15, 0.2) is 79.4 Å². The van der Waals surface area contributed by atoms with Crippen LogP contribution < -0.4 is 10.5 Å². The van der Waals surface area contributed by atoms with Gasteiger partial charge in [-0.05, 0) is 78.6 Å². The lowest BCUT2D eigenvalue weighted by atomic mass is 10.1. The van der Waals surface area contributed by atoms with Crippen LogP contribution in [0.3, 0.4) is 0 Å². The van der Waals surface area contributed by atoms with Crippen LogP contribution in [0.25, 0.3) is 16.6 Å². The van der Waals surface area contributed by atoms with E-state index in [-0.39, 0.29) is 0 Å². The van der Waals surface area contributed by atoms with Gasteiger partial charge in [-0.2, -0.15) is 0 Å². The number of anilines is 1. The van der Waals surface area contributed by atoms with Crippen molar-refractivity contribution in [1.29, 1.82) is 0 Å². The van der Waals surface area contributed by atoms with E-state index in [1.165, 1.54) is 27.7 Å². The Bertz CT molecular complexity index is 1190. The number of hydrogen-bond donors (Lipinski definition) is 1. The van der Waals surface area contributed by atoms with Gasteiger partial charge in [-0.1, -0.05) is 37.8 Å². The molecule has 4 aromatic rings. The van der Waals surface area contributed by atoms with Crippen LogP contribution in [0.5, 0.6) is 5.75 Å². The maximum Gasteiger partial charge on any atom is 0.119 e. The standard InChI is InChI=1S/C27H28N2O/c1-4-22-8-6-10-27-26(22)17-19(2)29(27)20(3)23-11-13-25(14-12-23)30-16-15-21-7-5-9-24(28)18-21/h5-14,17-18H,3-4,15-16,28H2,1-2H3. The summed E-state index contributed by atoms with van der Waals surface area (Å²) in [6, 6.07) is 24.9. The minimum Gasteiger partial charge on any atom is -0.493 e. The molecule has 0 aliphatic heterocycles. The maximum absolute atomic E-state index is 5.92. The molecule has 3 nitrogen and oxygen atoms in total. The molecule has 0 bridgehead atoms. The van der Waals surface area contributed by atoms with E-state index in [9.17, 15) is 0 Å². The topological polar surface area (TPSA) is 40.2 Å². The maximum atomic E-state index is 5.92. The van der Waals surface area contributed by atoms with Gasteiger partial charge in [0, 0.05) is 28.9 Å². The number of fused-ring (bicyclic) bond motifs is 1. The zero-order chi connectivity index (χ0) is 21.1. The molecule has 0 saturated heterocycles. The van der Waals surface area contributed by atoms with Gasteiger partial charge >= 0.3 is 0 Å². The number of nitrogens with zero attached hydrogens (tertiary/aromatic N) is 1. The Morgan fingerprint density at radius 2 is 1.77 bits per heavy atom. The number of rotatable bonds is 7. The first-order valence-corrected chi connectivity index (χ1v) is 10.4. The Hall–Kier alpha value is -3.46. The van der Waals surface area contributed by atoms with Gasteiger partial charge in [-0.3, -0.25) is 0 Å². The fraction of sp³-hybridized carbons (Fsp3) is 0.185. The largest absolute Gasteiger partial charge is 0.493 e. The van der Waals surface area contributed by atoms with E-state index in [0.29, 0.717) is 6.61 Å². The van der Waals surface area contributed by atoms with Crippen LogP contribution >= 0.6 is 0 Å². The monoisotopic (exact) mass is 396 g/mol. The zero-order valence-corrected chi connectivity index (χ0v) is 17.7. The molecule has 1 heterocycles.